The predicted octanol–water partition coefficient (Wildman–Crippen LogP) is 3.24. The number of hydrogen-bond acceptors (Lipinski definition) is 2. The molecule has 0 bridgehead atoms. The van der Waals surface area contributed by atoms with Crippen LogP contribution in [0.25, 0.3) is 0 Å². The van der Waals surface area contributed by atoms with E-state index in [4.69, 9.17) is 16.7 Å². The van der Waals surface area contributed by atoms with Gasteiger partial charge in [0.15, 0.2) is 0 Å². The molecule has 0 unspecified atom stereocenters. The number of aryl methyl sites for hydroxylation is 1. The van der Waals surface area contributed by atoms with Gasteiger partial charge < -0.3 is 10.4 Å². The van der Waals surface area contributed by atoms with Gasteiger partial charge in [-0.2, -0.15) is 0 Å². The van der Waals surface area contributed by atoms with Crippen molar-refractivity contribution in [1.29, 1.82) is 0 Å². The van der Waals surface area contributed by atoms with Gasteiger partial charge in [-0.15, -0.1) is 0 Å². The third kappa shape index (κ3) is 4.67. The highest BCUT2D eigenvalue weighted by molar-refractivity contribution is 6.30. The fourth-order valence-electron chi connectivity index (χ4n) is 1.83. The van der Waals surface area contributed by atoms with Crippen LogP contribution in [0.15, 0.2) is 18.2 Å². The number of carboxylic acid groups (broad SMARTS) is 1. The van der Waals surface area contributed by atoms with Crippen molar-refractivity contribution in [3.63, 3.8) is 0 Å². The Morgan fingerprint density at radius 3 is 2.61 bits per heavy atom. The molecule has 0 fully saturated rings. The Balaban J connectivity index is 2.64. The summed E-state index contributed by atoms with van der Waals surface area (Å²) in [7, 11) is 0. The maximum atomic E-state index is 11.1. The van der Waals surface area contributed by atoms with Gasteiger partial charge in [0.05, 0.1) is 0 Å². The van der Waals surface area contributed by atoms with Crippen molar-refractivity contribution in [2.45, 2.75) is 39.8 Å². The van der Waals surface area contributed by atoms with Gasteiger partial charge in [-0.1, -0.05) is 31.5 Å². The summed E-state index contributed by atoms with van der Waals surface area (Å²) in [5, 5.41) is 12.9. The Kier molecular flexibility index (Phi) is 5.63. The molecule has 0 saturated carbocycles. The van der Waals surface area contributed by atoms with E-state index in [-0.39, 0.29) is 0 Å². The molecule has 3 nitrogen and oxygen atoms in total. The van der Waals surface area contributed by atoms with Crippen molar-refractivity contribution in [1.82, 2.24) is 5.32 Å². The molecule has 0 aliphatic rings. The maximum absolute atomic E-state index is 11.1. The first kappa shape index (κ1) is 15.0. The van der Waals surface area contributed by atoms with Crippen LogP contribution in [-0.2, 0) is 11.3 Å². The Labute approximate surface area is 113 Å². The molecule has 0 radical (unpaired) electrons. The average molecular weight is 270 g/mol. The summed E-state index contributed by atoms with van der Waals surface area (Å²) in [5.74, 6) is -0.444. The minimum absolute atomic E-state index is 0.352. The van der Waals surface area contributed by atoms with Crippen LogP contribution in [0.3, 0.4) is 0 Å². The van der Waals surface area contributed by atoms with Crippen molar-refractivity contribution < 1.29 is 9.90 Å². The largest absolute Gasteiger partial charge is 0.480 e. The second-order valence-electron chi connectivity index (χ2n) is 4.97. The quantitative estimate of drug-likeness (QED) is 0.834. The molecule has 100 valence electrons. The van der Waals surface area contributed by atoms with Crippen LogP contribution in [-0.4, -0.2) is 17.1 Å². The van der Waals surface area contributed by atoms with E-state index < -0.39 is 12.0 Å². The summed E-state index contributed by atoms with van der Waals surface area (Å²) in [6.45, 7) is 6.56. The molecule has 0 aromatic heterocycles. The van der Waals surface area contributed by atoms with Gasteiger partial charge in [0.2, 0.25) is 0 Å². The Morgan fingerprint density at radius 1 is 1.44 bits per heavy atom. The molecule has 0 aliphatic carbocycles. The molecule has 4 heteroatoms. The van der Waals surface area contributed by atoms with Gasteiger partial charge in [-0.25, -0.2) is 0 Å². The number of halogens is 1. The van der Waals surface area contributed by atoms with E-state index in [1.54, 1.807) is 0 Å². The second kappa shape index (κ2) is 6.76. The van der Waals surface area contributed by atoms with Crippen molar-refractivity contribution in [2.75, 3.05) is 0 Å². The number of carbonyl (C=O) groups is 1. The predicted molar refractivity (Wildman–Crippen MR) is 73.9 cm³/mol. The van der Waals surface area contributed by atoms with Crippen LogP contribution in [0.2, 0.25) is 5.02 Å². The molecule has 2 N–H and O–H groups in total. The zero-order valence-electron chi connectivity index (χ0n) is 11.0. The van der Waals surface area contributed by atoms with E-state index in [9.17, 15) is 4.79 Å². The molecule has 0 saturated heterocycles. The van der Waals surface area contributed by atoms with Crippen LogP contribution in [0.5, 0.6) is 0 Å². The fourth-order valence-corrected chi connectivity index (χ4v) is 2.06. The van der Waals surface area contributed by atoms with E-state index in [1.807, 2.05) is 39.0 Å². The number of rotatable bonds is 6. The van der Waals surface area contributed by atoms with Crippen LogP contribution >= 0.6 is 11.6 Å². The molecular formula is C14H20ClNO2. The highest BCUT2D eigenvalue weighted by Crippen LogP contribution is 2.15. The smallest absolute Gasteiger partial charge is 0.320 e. The molecule has 1 rings (SSSR count). The summed E-state index contributed by atoms with van der Waals surface area (Å²) in [6.07, 6.45) is 0.627. The summed E-state index contributed by atoms with van der Waals surface area (Å²) >= 11 is 5.88. The van der Waals surface area contributed by atoms with Crippen LogP contribution in [0.1, 0.15) is 31.4 Å². The number of hydrogen-bond donors (Lipinski definition) is 2. The second-order valence-corrected chi connectivity index (χ2v) is 5.41. The fraction of sp³-hybridized carbons (Fsp3) is 0.500. The number of carboxylic acids is 1. The number of benzene rings is 1. The van der Waals surface area contributed by atoms with E-state index in [2.05, 4.69) is 5.32 Å². The number of nitrogens with one attached hydrogen (secondary N) is 1. The Hall–Kier alpha value is -1.06. The molecule has 0 amide bonds. The third-order valence-corrected chi connectivity index (χ3v) is 3.08. The van der Waals surface area contributed by atoms with Crippen molar-refractivity contribution in [3.05, 3.63) is 34.3 Å². The van der Waals surface area contributed by atoms with Crippen molar-refractivity contribution in [2.24, 2.45) is 5.92 Å². The lowest BCUT2D eigenvalue weighted by Crippen LogP contribution is -2.37. The minimum Gasteiger partial charge on any atom is -0.480 e. The first-order valence-electron chi connectivity index (χ1n) is 6.11. The standard InChI is InChI=1S/C14H20ClNO2/c1-9(2)6-13(14(17)18)16-8-11-4-5-12(15)7-10(11)3/h4-5,7,9,13,16H,6,8H2,1-3H3,(H,17,18)/t13-/m0/s1. The summed E-state index contributed by atoms with van der Waals surface area (Å²) in [5.41, 5.74) is 2.15. The average Bonchev–Trinajstić information content (AvgIpc) is 2.25. The zero-order valence-corrected chi connectivity index (χ0v) is 11.8. The highest BCUT2D eigenvalue weighted by Gasteiger charge is 2.18. The molecule has 0 spiro atoms. The molecule has 1 atom stereocenters. The Bertz CT molecular complexity index is 418. The van der Waals surface area contributed by atoms with Gasteiger partial charge in [0, 0.05) is 11.6 Å². The van der Waals surface area contributed by atoms with Gasteiger partial charge in [0.25, 0.3) is 0 Å². The zero-order chi connectivity index (χ0) is 13.7. The van der Waals surface area contributed by atoms with Crippen molar-refractivity contribution >= 4 is 17.6 Å². The lowest BCUT2D eigenvalue weighted by atomic mass is 10.0. The van der Waals surface area contributed by atoms with E-state index in [0.717, 1.165) is 11.1 Å². The third-order valence-electron chi connectivity index (χ3n) is 2.85. The van der Waals surface area contributed by atoms with Gasteiger partial charge in [-0.3, -0.25) is 4.79 Å². The first-order valence-corrected chi connectivity index (χ1v) is 6.49. The van der Waals surface area contributed by atoms with E-state index in [0.29, 0.717) is 23.9 Å². The lowest BCUT2D eigenvalue weighted by molar-refractivity contribution is -0.140. The number of aliphatic carboxylic acids is 1. The summed E-state index contributed by atoms with van der Waals surface area (Å²) < 4.78 is 0. The molecule has 0 heterocycles. The van der Waals surface area contributed by atoms with Crippen LogP contribution in [0, 0.1) is 12.8 Å². The van der Waals surface area contributed by atoms with E-state index in [1.165, 1.54) is 0 Å². The van der Waals surface area contributed by atoms with Crippen LogP contribution < -0.4 is 5.32 Å². The Morgan fingerprint density at radius 2 is 2.11 bits per heavy atom. The minimum atomic E-state index is -0.796. The monoisotopic (exact) mass is 269 g/mol. The maximum Gasteiger partial charge on any atom is 0.320 e. The molecule has 1 aromatic carbocycles. The molecular weight excluding hydrogens is 250 g/mol. The normalized spacial score (nSPS) is 12.7. The summed E-state index contributed by atoms with van der Waals surface area (Å²) in [6, 6.07) is 5.14. The summed E-state index contributed by atoms with van der Waals surface area (Å²) in [4.78, 5) is 11.1. The molecule has 0 aliphatic heterocycles. The van der Waals surface area contributed by atoms with Gasteiger partial charge in [0.1, 0.15) is 6.04 Å². The van der Waals surface area contributed by atoms with Gasteiger partial charge in [-0.05, 0) is 42.5 Å². The molecule has 18 heavy (non-hydrogen) atoms. The van der Waals surface area contributed by atoms with Crippen LogP contribution in [0.4, 0.5) is 0 Å². The van der Waals surface area contributed by atoms with E-state index >= 15 is 0 Å². The highest BCUT2D eigenvalue weighted by atomic mass is 35.5. The van der Waals surface area contributed by atoms with Crippen molar-refractivity contribution in [3.8, 4) is 0 Å². The first-order chi connectivity index (χ1) is 8.40. The molecule has 1 aromatic rings. The SMILES string of the molecule is Cc1cc(Cl)ccc1CN[C@@H](CC(C)C)C(=O)O. The van der Waals surface area contributed by atoms with Gasteiger partial charge >= 0.3 is 5.97 Å². The lowest BCUT2D eigenvalue weighted by Gasteiger charge is -2.17. The topological polar surface area (TPSA) is 49.3 Å².